The molecule has 2 aromatic carbocycles. The summed E-state index contributed by atoms with van der Waals surface area (Å²) in [5.41, 5.74) is 3.52. The van der Waals surface area contributed by atoms with E-state index in [0.717, 1.165) is 22.0 Å². The van der Waals surface area contributed by atoms with Gasteiger partial charge in [0.15, 0.2) is 0 Å². The molecule has 0 aliphatic heterocycles. The number of nitrogens with zero attached hydrogens (tertiary/aromatic N) is 2. The molecule has 0 bridgehead atoms. The minimum Gasteiger partial charge on any atom is -0.361 e. The Labute approximate surface area is 175 Å². The highest BCUT2D eigenvalue weighted by molar-refractivity contribution is 7.89. The van der Waals surface area contributed by atoms with Crippen LogP contribution in [0.15, 0.2) is 59.6 Å². The van der Waals surface area contributed by atoms with Crippen LogP contribution in [0.25, 0.3) is 21.8 Å². The summed E-state index contributed by atoms with van der Waals surface area (Å²) < 4.78 is 27.7. The van der Waals surface area contributed by atoms with Gasteiger partial charge in [-0.2, -0.15) is 0 Å². The molecule has 1 amide bonds. The number of H-pyrrole nitrogens is 1. The van der Waals surface area contributed by atoms with Crippen LogP contribution in [0, 0.1) is 0 Å². The maximum atomic E-state index is 12.8. The highest BCUT2D eigenvalue weighted by atomic mass is 32.2. The molecule has 0 aliphatic rings. The second-order valence-electron chi connectivity index (χ2n) is 7.46. The Morgan fingerprint density at radius 2 is 1.90 bits per heavy atom. The third-order valence-electron chi connectivity index (χ3n) is 5.38. The number of amides is 1. The van der Waals surface area contributed by atoms with Crippen molar-refractivity contribution in [1.82, 2.24) is 19.2 Å². The van der Waals surface area contributed by atoms with E-state index in [2.05, 4.69) is 16.4 Å². The summed E-state index contributed by atoms with van der Waals surface area (Å²) in [4.78, 5) is 16.2. The van der Waals surface area contributed by atoms with E-state index in [0.29, 0.717) is 24.0 Å². The predicted molar refractivity (Wildman–Crippen MR) is 118 cm³/mol. The fourth-order valence-electron chi connectivity index (χ4n) is 3.66. The van der Waals surface area contributed by atoms with Gasteiger partial charge in [-0.05, 0) is 42.3 Å². The van der Waals surface area contributed by atoms with Gasteiger partial charge in [0, 0.05) is 55.7 Å². The molecule has 0 saturated heterocycles. The second kappa shape index (κ2) is 7.62. The van der Waals surface area contributed by atoms with E-state index < -0.39 is 10.0 Å². The van der Waals surface area contributed by atoms with E-state index in [9.17, 15) is 13.2 Å². The van der Waals surface area contributed by atoms with Gasteiger partial charge in [0.05, 0.1) is 4.90 Å². The van der Waals surface area contributed by atoms with Crippen LogP contribution >= 0.6 is 0 Å². The number of carbonyl (C=O) groups is 1. The lowest BCUT2D eigenvalue weighted by molar-refractivity contribution is 0.0946. The number of carbonyl (C=O) groups excluding carboxylic acids is 1. The number of para-hydroxylation sites is 1. The topological polar surface area (TPSA) is 87.2 Å². The standard InChI is InChI=1S/C22H24N4O3S/c1-25(2)30(28,29)17-8-9-20-16(12-17)13-21(26(20)3)22(27)23-11-10-15-14-24-19-7-5-4-6-18(15)19/h4-9,12-14,24H,10-11H2,1-3H3,(H,23,27). The van der Waals surface area contributed by atoms with Gasteiger partial charge in [-0.25, -0.2) is 12.7 Å². The third-order valence-corrected chi connectivity index (χ3v) is 7.19. The van der Waals surface area contributed by atoms with Gasteiger partial charge in [0.2, 0.25) is 10.0 Å². The van der Waals surface area contributed by atoms with Crippen LogP contribution in [0.2, 0.25) is 0 Å². The Balaban J connectivity index is 1.52. The maximum absolute atomic E-state index is 12.8. The van der Waals surface area contributed by atoms with E-state index in [4.69, 9.17) is 0 Å². The van der Waals surface area contributed by atoms with Gasteiger partial charge >= 0.3 is 0 Å². The number of fused-ring (bicyclic) bond motifs is 2. The largest absolute Gasteiger partial charge is 0.361 e. The second-order valence-corrected chi connectivity index (χ2v) is 9.61. The molecule has 2 N–H and O–H groups in total. The summed E-state index contributed by atoms with van der Waals surface area (Å²) >= 11 is 0. The first kappa shape index (κ1) is 20.2. The summed E-state index contributed by atoms with van der Waals surface area (Å²) in [7, 11) is 1.27. The molecule has 4 rings (SSSR count). The fourth-order valence-corrected chi connectivity index (χ4v) is 4.59. The lowest BCUT2D eigenvalue weighted by atomic mass is 10.1. The summed E-state index contributed by atoms with van der Waals surface area (Å²) in [5.74, 6) is -0.189. The zero-order chi connectivity index (χ0) is 21.5. The molecule has 2 aromatic heterocycles. The van der Waals surface area contributed by atoms with E-state index in [1.165, 1.54) is 18.4 Å². The highest BCUT2D eigenvalue weighted by Gasteiger charge is 2.20. The van der Waals surface area contributed by atoms with Gasteiger partial charge < -0.3 is 14.9 Å². The molecule has 0 atom stereocenters. The summed E-state index contributed by atoms with van der Waals surface area (Å²) in [6, 6.07) is 14.7. The van der Waals surface area contributed by atoms with Crippen LogP contribution < -0.4 is 5.32 Å². The summed E-state index contributed by atoms with van der Waals surface area (Å²) in [5, 5.41) is 4.84. The average molecular weight is 425 g/mol. The number of sulfonamides is 1. The number of aryl methyl sites for hydroxylation is 1. The number of hydrogen-bond donors (Lipinski definition) is 2. The minimum atomic E-state index is -3.53. The number of aromatic nitrogens is 2. The van der Waals surface area contributed by atoms with Crippen LogP contribution in [0.3, 0.4) is 0 Å². The van der Waals surface area contributed by atoms with Crippen molar-refractivity contribution in [2.24, 2.45) is 7.05 Å². The molecule has 2 heterocycles. The van der Waals surface area contributed by atoms with Gasteiger partial charge in [-0.3, -0.25) is 4.79 Å². The molecule has 0 saturated carbocycles. The first-order valence-electron chi connectivity index (χ1n) is 9.64. The summed E-state index contributed by atoms with van der Waals surface area (Å²) in [6.45, 7) is 0.502. The molecular formula is C22H24N4O3S. The Morgan fingerprint density at radius 3 is 2.67 bits per heavy atom. The molecule has 0 unspecified atom stereocenters. The third kappa shape index (κ3) is 3.48. The van der Waals surface area contributed by atoms with Crippen LogP contribution in [-0.4, -0.2) is 48.8 Å². The molecule has 8 heteroatoms. The number of benzene rings is 2. The molecule has 7 nitrogen and oxygen atoms in total. The number of hydrogen-bond acceptors (Lipinski definition) is 3. The number of nitrogens with one attached hydrogen (secondary N) is 2. The van der Waals surface area contributed by atoms with Crippen molar-refractivity contribution in [3.8, 4) is 0 Å². The number of aromatic amines is 1. The molecule has 0 spiro atoms. The van der Waals surface area contributed by atoms with Gasteiger partial charge in [-0.1, -0.05) is 18.2 Å². The van der Waals surface area contributed by atoms with Crippen molar-refractivity contribution in [2.75, 3.05) is 20.6 Å². The maximum Gasteiger partial charge on any atom is 0.267 e. The molecule has 0 aliphatic carbocycles. The number of rotatable bonds is 6. The fraction of sp³-hybridized carbons (Fsp3) is 0.227. The molecule has 156 valence electrons. The quantitative estimate of drug-likeness (QED) is 0.499. The zero-order valence-corrected chi connectivity index (χ0v) is 18.0. The van der Waals surface area contributed by atoms with Crippen LogP contribution in [-0.2, 0) is 23.5 Å². The smallest absolute Gasteiger partial charge is 0.267 e. The molecule has 0 fully saturated rings. The highest BCUT2D eigenvalue weighted by Crippen LogP contribution is 2.24. The normalized spacial score (nSPS) is 12.1. The average Bonchev–Trinajstić information content (AvgIpc) is 3.29. The SMILES string of the molecule is CN(C)S(=O)(=O)c1ccc2c(c1)cc(C(=O)NCCc1c[nH]c3ccccc13)n2C. The molecule has 0 radical (unpaired) electrons. The van der Waals surface area contributed by atoms with Crippen molar-refractivity contribution >= 4 is 37.7 Å². The van der Waals surface area contributed by atoms with E-state index in [1.54, 1.807) is 35.9 Å². The molecule has 4 aromatic rings. The first-order chi connectivity index (χ1) is 14.3. The lowest BCUT2D eigenvalue weighted by Gasteiger charge is -2.11. The van der Waals surface area contributed by atoms with Crippen LogP contribution in [0.4, 0.5) is 0 Å². The monoisotopic (exact) mass is 424 g/mol. The first-order valence-corrected chi connectivity index (χ1v) is 11.1. The predicted octanol–water partition coefficient (Wildman–Crippen LogP) is 2.88. The van der Waals surface area contributed by atoms with Gasteiger partial charge in [-0.15, -0.1) is 0 Å². The Morgan fingerprint density at radius 1 is 1.13 bits per heavy atom. The van der Waals surface area contributed by atoms with Gasteiger partial charge in [0.1, 0.15) is 5.69 Å². The van der Waals surface area contributed by atoms with E-state index >= 15 is 0 Å². The molecular weight excluding hydrogens is 400 g/mol. The zero-order valence-electron chi connectivity index (χ0n) is 17.1. The lowest BCUT2D eigenvalue weighted by Crippen LogP contribution is -2.27. The Hall–Kier alpha value is -3.10. The minimum absolute atomic E-state index is 0.189. The van der Waals surface area contributed by atoms with E-state index in [1.807, 2.05) is 24.4 Å². The van der Waals surface area contributed by atoms with Crippen molar-refractivity contribution < 1.29 is 13.2 Å². The Bertz CT molecular complexity index is 1350. The molecule has 30 heavy (non-hydrogen) atoms. The van der Waals surface area contributed by atoms with Crippen molar-refractivity contribution in [2.45, 2.75) is 11.3 Å². The van der Waals surface area contributed by atoms with Gasteiger partial charge in [0.25, 0.3) is 5.91 Å². The van der Waals surface area contributed by atoms with Crippen molar-refractivity contribution in [3.05, 3.63) is 66.0 Å². The van der Waals surface area contributed by atoms with E-state index in [-0.39, 0.29) is 10.8 Å². The van der Waals surface area contributed by atoms with Crippen molar-refractivity contribution in [3.63, 3.8) is 0 Å². The van der Waals surface area contributed by atoms with Crippen molar-refractivity contribution in [1.29, 1.82) is 0 Å². The van der Waals surface area contributed by atoms with Crippen LogP contribution in [0.1, 0.15) is 16.1 Å². The van der Waals surface area contributed by atoms with Crippen LogP contribution in [0.5, 0.6) is 0 Å². The summed E-state index contributed by atoms with van der Waals surface area (Å²) in [6.07, 6.45) is 2.69. The Kier molecular flexibility index (Phi) is 5.13.